The van der Waals surface area contributed by atoms with Gasteiger partial charge in [-0.1, -0.05) is 48.6 Å². The van der Waals surface area contributed by atoms with E-state index in [0.29, 0.717) is 6.61 Å². The zero-order valence-electron chi connectivity index (χ0n) is 14.9. The molecule has 0 bridgehead atoms. The maximum absolute atomic E-state index is 12.0. The van der Waals surface area contributed by atoms with Gasteiger partial charge < -0.3 is 9.47 Å². The van der Waals surface area contributed by atoms with Crippen molar-refractivity contribution in [3.63, 3.8) is 0 Å². The minimum atomic E-state index is -0.222. The second kappa shape index (κ2) is 8.81. The molecule has 0 aromatic heterocycles. The molecule has 1 aliphatic carbocycles. The van der Waals surface area contributed by atoms with Gasteiger partial charge in [-0.2, -0.15) is 0 Å². The molecule has 0 saturated carbocycles. The zero-order chi connectivity index (χ0) is 17.5. The van der Waals surface area contributed by atoms with E-state index in [4.69, 9.17) is 9.47 Å². The Kier molecular flexibility index (Phi) is 6.76. The summed E-state index contributed by atoms with van der Waals surface area (Å²) in [5, 5.41) is 0. The normalized spacial score (nSPS) is 19.2. The van der Waals surface area contributed by atoms with E-state index >= 15 is 0 Å². The highest BCUT2D eigenvalue weighted by atomic mass is 16.5. The molecule has 2 rings (SSSR count). The molecule has 0 spiro atoms. The van der Waals surface area contributed by atoms with Gasteiger partial charge in [-0.05, 0) is 26.5 Å². The van der Waals surface area contributed by atoms with E-state index in [2.05, 4.69) is 37.1 Å². The van der Waals surface area contributed by atoms with Gasteiger partial charge in [-0.3, -0.25) is 4.90 Å². The fraction of sp³-hybridized carbons (Fsp3) is 0.450. The fourth-order valence-corrected chi connectivity index (χ4v) is 3.08. The molecule has 0 N–H and O–H groups in total. The molecule has 0 fully saturated rings. The molecule has 0 amide bonds. The smallest absolute Gasteiger partial charge is 0.334 e. The summed E-state index contributed by atoms with van der Waals surface area (Å²) < 4.78 is 10.9. The number of rotatable bonds is 8. The van der Waals surface area contributed by atoms with Crippen LogP contribution < -0.4 is 0 Å². The molecule has 24 heavy (non-hydrogen) atoms. The number of hydrogen-bond donors (Lipinski definition) is 0. The van der Waals surface area contributed by atoms with E-state index in [-0.39, 0.29) is 24.0 Å². The minimum Gasteiger partial charge on any atom is -0.463 e. The molecular weight excluding hydrogens is 302 g/mol. The lowest BCUT2D eigenvalue weighted by atomic mass is 9.98. The largest absolute Gasteiger partial charge is 0.463 e. The topological polar surface area (TPSA) is 38.8 Å². The molecule has 0 aliphatic heterocycles. The maximum Gasteiger partial charge on any atom is 0.334 e. The van der Waals surface area contributed by atoms with Gasteiger partial charge in [0.2, 0.25) is 0 Å². The predicted octanol–water partition coefficient (Wildman–Crippen LogP) is 3.37. The number of ether oxygens (including phenoxy) is 2. The zero-order valence-corrected chi connectivity index (χ0v) is 14.9. The van der Waals surface area contributed by atoms with Crippen molar-refractivity contribution in [2.45, 2.75) is 26.0 Å². The van der Waals surface area contributed by atoms with E-state index in [9.17, 15) is 4.79 Å². The summed E-state index contributed by atoms with van der Waals surface area (Å²) in [5.74, 6) is -0.162. The average Bonchev–Trinajstić information content (AvgIpc) is 3.05. The third-order valence-corrected chi connectivity index (χ3v) is 4.53. The van der Waals surface area contributed by atoms with Crippen molar-refractivity contribution < 1.29 is 14.3 Å². The van der Waals surface area contributed by atoms with Crippen LogP contribution >= 0.6 is 0 Å². The van der Waals surface area contributed by atoms with Crippen LogP contribution in [-0.4, -0.2) is 44.2 Å². The maximum atomic E-state index is 12.0. The third kappa shape index (κ3) is 4.34. The fourth-order valence-electron chi connectivity index (χ4n) is 3.08. The molecule has 130 valence electrons. The number of hydrogen-bond acceptors (Lipinski definition) is 4. The molecule has 0 saturated heterocycles. The third-order valence-electron chi connectivity index (χ3n) is 4.53. The number of nitrogens with zero attached hydrogens (tertiary/aromatic N) is 1. The van der Waals surface area contributed by atoms with Crippen LogP contribution in [0.25, 0.3) is 0 Å². The molecule has 1 unspecified atom stereocenters. The van der Waals surface area contributed by atoms with Crippen LogP contribution in [0.4, 0.5) is 0 Å². The lowest BCUT2D eigenvalue weighted by molar-refractivity contribution is -0.139. The standard InChI is InChI=1S/C20H27NO3/c1-5-24-20(22)18-13-9-12-17(18)14-21(3)15(2)19(23-4)16-10-7-6-8-11-16/h6-13,15,17,19H,5,14H2,1-4H3/t15-,17?,19-/m0/s1. The number of allylic oxidation sites excluding steroid dienone is 2. The number of esters is 1. The van der Waals surface area contributed by atoms with Crippen molar-refractivity contribution in [2.24, 2.45) is 5.92 Å². The summed E-state index contributed by atoms with van der Waals surface area (Å²) in [6, 6.07) is 10.4. The van der Waals surface area contributed by atoms with Crippen molar-refractivity contribution in [3.8, 4) is 0 Å². The highest BCUT2D eigenvalue weighted by molar-refractivity contribution is 5.90. The SMILES string of the molecule is CCOC(=O)C1=CC=CC1CN(C)[C@@H](C)[C@H](OC)c1ccccc1. The van der Waals surface area contributed by atoms with Crippen molar-refractivity contribution in [2.75, 3.05) is 27.3 Å². The lowest BCUT2D eigenvalue weighted by Crippen LogP contribution is -2.38. The molecular formula is C20H27NO3. The number of carbonyl (C=O) groups excluding carboxylic acids is 1. The molecule has 4 heteroatoms. The Balaban J connectivity index is 2.03. The van der Waals surface area contributed by atoms with Gasteiger partial charge in [-0.25, -0.2) is 4.79 Å². The molecule has 1 aliphatic rings. The summed E-state index contributed by atoms with van der Waals surface area (Å²) in [4.78, 5) is 14.3. The number of methoxy groups -OCH3 is 1. The van der Waals surface area contributed by atoms with E-state index in [1.54, 1.807) is 7.11 Å². The Morgan fingerprint density at radius 3 is 2.62 bits per heavy atom. The first-order valence-corrected chi connectivity index (χ1v) is 8.42. The van der Waals surface area contributed by atoms with E-state index in [0.717, 1.165) is 17.7 Å². The van der Waals surface area contributed by atoms with Gasteiger partial charge in [0, 0.05) is 31.2 Å². The molecule has 0 radical (unpaired) electrons. The Morgan fingerprint density at radius 2 is 2.00 bits per heavy atom. The van der Waals surface area contributed by atoms with Gasteiger partial charge in [0.15, 0.2) is 0 Å². The molecule has 4 nitrogen and oxygen atoms in total. The molecule has 0 heterocycles. The predicted molar refractivity (Wildman–Crippen MR) is 95.6 cm³/mol. The molecule has 3 atom stereocenters. The van der Waals surface area contributed by atoms with Crippen molar-refractivity contribution in [3.05, 3.63) is 59.7 Å². The van der Waals surface area contributed by atoms with Crippen molar-refractivity contribution in [1.82, 2.24) is 4.90 Å². The van der Waals surface area contributed by atoms with E-state index < -0.39 is 0 Å². The highest BCUT2D eigenvalue weighted by Gasteiger charge is 2.28. The van der Waals surface area contributed by atoms with E-state index in [1.807, 2.05) is 37.3 Å². The van der Waals surface area contributed by atoms with Gasteiger partial charge >= 0.3 is 5.97 Å². The summed E-state index contributed by atoms with van der Waals surface area (Å²) >= 11 is 0. The van der Waals surface area contributed by atoms with Crippen LogP contribution in [0, 0.1) is 5.92 Å². The van der Waals surface area contributed by atoms with Crippen LogP contribution in [0.1, 0.15) is 25.5 Å². The number of likely N-dealkylation sites (N-methyl/N-ethyl adjacent to an activating group) is 1. The van der Waals surface area contributed by atoms with Crippen LogP contribution in [0.3, 0.4) is 0 Å². The van der Waals surface area contributed by atoms with Crippen molar-refractivity contribution >= 4 is 5.97 Å². The van der Waals surface area contributed by atoms with Gasteiger partial charge in [0.25, 0.3) is 0 Å². The first kappa shape index (κ1) is 18.4. The van der Waals surface area contributed by atoms with Crippen LogP contribution in [0.5, 0.6) is 0 Å². The van der Waals surface area contributed by atoms with Crippen LogP contribution in [0.15, 0.2) is 54.1 Å². The van der Waals surface area contributed by atoms with Crippen LogP contribution in [-0.2, 0) is 14.3 Å². The average molecular weight is 329 g/mol. The van der Waals surface area contributed by atoms with Crippen LogP contribution in [0.2, 0.25) is 0 Å². The van der Waals surface area contributed by atoms with Gasteiger partial charge in [0.1, 0.15) is 0 Å². The van der Waals surface area contributed by atoms with Crippen molar-refractivity contribution in [1.29, 1.82) is 0 Å². The molecule has 1 aromatic rings. The number of carbonyl (C=O) groups is 1. The second-order valence-corrected chi connectivity index (χ2v) is 6.08. The highest BCUT2D eigenvalue weighted by Crippen LogP contribution is 2.27. The van der Waals surface area contributed by atoms with Gasteiger partial charge in [0.05, 0.1) is 12.7 Å². The van der Waals surface area contributed by atoms with Gasteiger partial charge in [-0.15, -0.1) is 0 Å². The summed E-state index contributed by atoms with van der Waals surface area (Å²) in [5.41, 5.74) is 1.88. The summed E-state index contributed by atoms with van der Waals surface area (Å²) in [6.07, 6.45) is 5.82. The Labute approximate surface area is 144 Å². The monoisotopic (exact) mass is 329 g/mol. The first-order valence-electron chi connectivity index (χ1n) is 8.42. The quantitative estimate of drug-likeness (QED) is 0.686. The lowest BCUT2D eigenvalue weighted by Gasteiger charge is -2.33. The molecule has 1 aromatic carbocycles. The van der Waals surface area contributed by atoms with E-state index in [1.165, 1.54) is 0 Å². The summed E-state index contributed by atoms with van der Waals surface area (Å²) in [6.45, 7) is 5.12. The summed E-state index contributed by atoms with van der Waals surface area (Å²) in [7, 11) is 3.80. The second-order valence-electron chi connectivity index (χ2n) is 6.08. The Bertz CT molecular complexity index is 594. The first-order chi connectivity index (χ1) is 11.6. The Hall–Kier alpha value is -1.91. The number of benzene rings is 1. The Morgan fingerprint density at radius 1 is 1.29 bits per heavy atom. The minimum absolute atomic E-state index is 0.0170.